The Kier molecular flexibility index (Phi) is 2.34. The van der Waals surface area contributed by atoms with Crippen molar-refractivity contribution in [2.75, 3.05) is 0 Å². The maximum Gasteiger partial charge on any atom is 0.336 e. The average molecular weight is 207 g/mol. The first-order chi connectivity index (χ1) is 7.08. The molecule has 0 bridgehead atoms. The van der Waals surface area contributed by atoms with Gasteiger partial charge in [-0.05, 0) is 32.3 Å². The third-order valence-electron chi connectivity index (χ3n) is 2.47. The molecule has 2 rings (SSSR count). The summed E-state index contributed by atoms with van der Waals surface area (Å²) in [6.07, 6.45) is 2.08. The quantitative estimate of drug-likeness (QED) is 0.791. The zero-order chi connectivity index (χ0) is 11.0. The van der Waals surface area contributed by atoms with Crippen molar-refractivity contribution < 1.29 is 9.21 Å². The first-order valence-corrected chi connectivity index (χ1v) is 5.00. The van der Waals surface area contributed by atoms with Gasteiger partial charge in [0.15, 0.2) is 0 Å². The van der Waals surface area contributed by atoms with Crippen molar-refractivity contribution in [3.63, 3.8) is 0 Å². The lowest BCUT2D eigenvalue weighted by Gasteiger charge is -2.07. The van der Waals surface area contributed by atoms with Gasteiger partial charge in [0.25, 0.3) is 5.91 Å². The normalized spacial score (nSPS) is 15.1. The first-order valence-electron chi connectivity index (χ1n) is 5.00. The van der Waals surface area contributed by atoms with Gasteiger partial charge in [0.2, 0.25) is 0 Å². The van der Waals surface area contributed by atoms with E-state index in [0.29, 0.717) is 22.9 Å². The minimum absolute atomic E-state index is 0.142. The molecule has 1 heterocycles. The fourth-order valence-corrected chi connectivity index (χ4v) is 1.58. The zero-order valence-corrected chi connectivity index (χ0v) is 8.79. The van der Waals surface area contributed by atoms with E-state index in [1.807, 2.05) is 0 Å². The monoisotopic (exact) mass is 207 g/mol. The van der Waals surface area contributed by atoms with Gasteiger partial charge < -0.3 is 9.73 Å². The molecule has 1 N–H and O–H groups in total. The molecule has 1 saturated carbocycles. The second-order valence-corrected chi connectivity index (χ2v) is 3.93. The number of hydrogen-bond donors (Lipinski definition) is 1. The molecule has 4 heteroatoms. The molecule has 1 amide bonds. The third-order valence-corrected chi connectivity index (χ3v) is 2.47. The summed E-state index contributed by atoms with van der Waals surface area (Å²) >= 11 is 0. The minimum Gasteiger partial charge on any atom is -0.427 e. The Morgan fingerprint density at radius 2 is 2.13 bits per heavy atom. The Hall–Kier alpha value is -1.58. The molecule has 0 unspecified atom stereocenters. The highest BCUT2D eigenvalue weighted by Crippen LogP contribution is 2.20. The van der Waals surface area contributed by atoms with Crippen molar-refractivity contribution in [2.45, 2.75) is 32.7 Å². The number of carbonyl (C=O) groups is 1. The molecule has 1 aromatic heterocycles. The van der Waals surface area contributed by atoms with Crippen LogP contribution in [0.2, 0.25) is 0 Å². The van der Waals surface area contributed by atoms with Crippen LogP contribution in [0.4, 0.5) is 0 Å². The van der Waals surface area contributed by atoms with Crippen molar-refractivity contribution >= 4 is 5.91 Å². The number of rotatable bonds is 2. The molecule has 0 radical (unpaired) electrons. The first kappa shape index (κ1) is 9.96. The SMILES string of the molecule is Cc1cc(=O)oc(C)c1C(=O)NC1CC1. The molecule has 0 aliphatic heterocycles. The molecular formula is C11H13NO3. The van der Waals surface area contributed by atoms with E-state index >= 15 is 0 Å². The predicted octanol–water partition coefficient (Wildman–Crippen LogP) is 1.15. The van der Waals surface area contributed by atoms with Crippen molar-refractivity contribution in [2.24, 2.45) is 0 Å². The Bertz CT molecular complexity index is 431. The molecule has 80 valence electrons. The van der Waals surface area contributed by atoms with Crippen LogP contribution in [0.3, 0.4) is 0 Å². The van der Waals surface area contributed by atoms with Gasteiger partial charge in [-0.15, -0.1) is 0 Å². The zero-order valence-electron chi connectivity index (χ0n) is 8.79. The largest absolute Gasteiger partial charge is 0.427 e. The maximum atomic E-state index is 11.8. The standard InChI is InChI=1S/C11H13NO3/c1-6-5-9(13)15-7(2)10(6)11(14)12-8-3-4-8/h5,8H,3-4H2,1-2H3,(H,12,14). The van der Waals surface area contributed by atoms with Crippen LogP contribution in [0.15, 0.2) is 15.3 Å². The summed E-state index contributed by atoms with van der Waals surface area (Å²) < 4.78 is 4.90. The molecule has 0 atom stereocenters. The summed E-state index contributed by atoms with van der Waals surface area (Å²) in [7, 11) is 0. The van der Waals surface area contributed by atoms with E-state index in [-0.39, 0.29) is 5.91 Å². The molecule has 0 saturated heterocycles. The van der Waals surface area contributed by atoms with Crippen LogP contribution in [0.5, 0.6) is 0 Å². The van der Waals surface area contributed by atoms with Gasteiger partial charge in [0, 0.05) is 12.1 Å². The topological polar surface area (TPSA) is 59.3 Å². The van der Waals surface area contributed by atoms with E-state index in [2.05, 4.69) is 5.32 Å². The van der Waals surface area contributed by atoms with Crippen molar-refractivity contribution in [3.05, 3.63) is 33.4 Å². The van der Waals surface area contributed by atoms with Gasteiger partial charge in [-0.3, -0.25) is 4.79 Å². The van der Waals surface area contributed by atoms with Gasteiger partial charge in [0.1, 0.15) is 5.76 Å². The third kappa shape index (κ3) is 2.09. The molecule has 4 nitrogen and oxygen atoms in total. The van der Waals surface area contributed by atoms with Crippen LogP contribution in [0, 0.1) is 13.8 Å². The second kappa shape index (κ2) is 3.53. The fourth-order valence-electron chi connectivity index (χ4n) is 1.58. The highest BCUT2D eigenvalue weighted by molar-refractivity contribution is 5.96. The summed E-state index contributed by atoms with van der Waals surface area (Å²) in [5, 5.41) is 2.87. The van der Waals surface area contributed by atoms with E-state index < -0.39 is 5.63 Å². The maximum absolute atomic E-state index is 11.8. The molecule has 15 heavy (non-hydrogen) atoms. The van der Waals surface area contributed by atoms with Gasteiger partial charge in [-0.1, -0.05) is 0 Å². The highest BCUT2D eigenvalue weighted by Gasteiger charge is 2.25. The summed E-state index contributed by atoms with van der Waals surface area (Å²) in [6, 6.07) is 1.65. The van der Waals surface area contributed by atoms with Gasteiger partial charge in [-0.2, -0.15) is 0 Å². The molecular weight excluding hydrogens is 194 g/mol. The summed E-state index contributed by atoms with van der Waals surface area (Å²) in [4.78, 5) is 22.8. The number of nitrogens with one attached hydrogen (secondary N) is 1. The van der Waals surface area contributed by atoms with Crippen molar-refractivity contribution in [3.8, 4) is 0 Å². The van der Waals surface area contributed by atoms with E-state index in [0.717, 1.165) is 12.8 Å². The molecule has 0 spiro atoms. The molecule has 1 aromatic rings. The Morgan fingerprint density at radius 3 is 2.67 bits per heavy atom. The van der Waals surface area contributed by atoms with E-state index in [9.17, 15) is 9.59 Å². The fraction of sp³-hybridized carbons (Fsp3) is 0.455. The Balaban J connectivity index is 2.33. The molecule has 1 aliphatic rings. The van der Waals surface area contributed by atoms with Crippen LogP contribution in [-0.2, 0) is 0 Å². The van der Waals surface area contributed by atoms with Crippen molar-refractivity contribution in [1.29, 1.82) is 0 Å². The summed E-state index contributed by atoms with van der Waals surface area (Å²) in [6.45, 7) is 3.38. The van der Waals surface area contributed by atoms with Gasteiger partial charge in [-0.25, -0.2) is 4.79 Å². The second-order valence-electron chi connectivity index (χ2n) is 3.93. The molecule has 0 aromatic carbocycles. The van der Waals surface area contributed by atoms with Crippen LogP contribution < -0.4 is 10.9 Å². The van der Waals surface area contributed by atoms with E-state index in [4.69, 9.17) is 4.42 Å². The highest BCUT2D eigenvalue weighted by atomic mass is 16.4. The molecule has 1 aliphatic carbocycles. The van der Waals surface area contributed by atoms with Crippen LogP contribution in [-0.4, -0.2) is 11.9 Å². The average Bonchev–Trinajstić information content (AvgIpc) is 2.85. The Morgan fingerprint density at radius 1 is 1.47 bits per heavy atom. The van der Waals surface area contributed by atoms with E-state index in [1.165, 1.54) is 6.07 Å². The summed E-state index contributed by atoms with van der Waals surface area (Å²) in [5.41, 5.74) is 0.747. The number of amides is 1. The number of aryl methyl sites for hydroxylation is 2. The lowest BCUT2D eigenvalue weighted by molar-refractivity contribution is 0.0947. The Labute approximate surface area is 87.3 Å². The van der Waals surface area contributed by atoms with Crippen LogP contribution in [0.25, 0.3) is 0 Å². The summed E-state index contributed by atoms with van der Waals surface area (Å²) in [5.74, 6) is 0.245. The number of carbonyl (C=O) groups excluding carboxylic acids is 1. The number of hydrogen-bond acceptors (Lipinski definition) is 3. The minimum atomic E-state index is -0.409. The van der Waals surface area contributed by atoms with Crippen molar-refractivity contribution in [1.82, 2.24) is 5.32 Å². The lowest BCUT2D eigenvalue weighted by Crippen LogP contribution is -2.27. The van der Waals surface area contributed by atoms with Crippen LogP contribution in [0.1, 0.15) is 34.5 Å². The smallest absolute Gasteiger partial charge is 0.336 e. The van der Waals surface area contributed by atoms with Gasteiger partial charge >= 0.3 is 5.63 Å². The van der Waals surface area contributed by atoms with E-state index in [1.54, 1.807) is 13.8 Å². The van der Waals surface area contributed by atoms with Gasteiger partial charge in [0.05, 0.1) is 5.56 Å². The van der Waals surface area contributed by atoms with Crippen LogP contribution >= 0.6 is 0 Å². The molecule has 1 fully saturated rings. The predicted molar refractivity (Wildman–Crippen MR) is 54.9 cm³/mol. The lowest BCUT2D eigenvalue weighted by atomic mass is 10.1.